The van der Waals surface area contributed by atoms with Crippen LogP contribution in [0.3, 0.4) is 0 Å². The summed E-state index contributed by atoms with van der Waals surface area (Å²) in [6.45, 7) is 4.76. The summed E-state index contributed by atoms with van der Waals surface area (Å²) >= 11 is 12.6. The Kier molecular flexibility index (Phi) is 5.13. The van der Waals surface area contributed by atoms with Crippen molar-refractivity contribution < 1.29 is 9.21 Å². The lowest BCUT2D eigenvalue weighted by Gasteiger charge is -2.16. The van der Waals surface area contributed by atoms with E-state index in [9.17, 15) is 4.79 Å². The molecule has 1 fully saturated rings. The molecule has 0 saturated carbocycles. The zero-order valence-electron chi connectivity index (χ0n) is 13.3. The highest BCUT2D eigenvalue weighted by Crippen LogP contribution is 2.34. The highest BCUT2D eigenvalue weighted by Gasteiger charge is 2.32. The Morgan fingerprint density at radius 2 is 2.12 bits per heavy atom. The van der Waals surface area contributed by atoms with Crippen LogP contribution in [0.4, 0.5) is 0 Å². The van der Waals surface area contributed by atoms with Gasteiger partial charge in [-0.3, -0.25) is 9.69 Å². The fourth-order valence-corrected chi connectivity index (χ4v) is 3.82. The second-order valence-corrected chi connectivity index (χ2v) is 8.01. The van der Waals surface area contributed by atoms with Crippen molar-refractivity contribution >= 4 is 51.9 Å². The number of amides is 1. The first kappa shape index (κ1) is 17.3. The number of benzene rings is 1. The van der Waals surface area contributed by atoms with Gasteiger partial charge in [0.15, 0.2) is 0 Å². The van der Waals surface area contributed by atoms with E-state index in [0.29, 0.717) is 38.2 Å². The van der Waals surface area contributed by atoms with Gasteiger partial charge < -0.3 is 4.42 Å². The Bertz CT molecular complexity index is 826. The molecule has 124 valence electrons. The maximum absolute atomic E-state index is 12.5. The quantitative estimate of drug-likeness (QED) is 0.523. The molecule has 6 heteroatoms. The van der Waals surface area contributed by atoms with Crippen molar-refractivity contribution in [2.45, 2.75) is 13.8 Å². The maximum atomic E-state index is 12.5. The lowest BCUT2D eigenvalue weighted by molar-refractivity contribution is -0.122. The van der Waals surface area contributed by atoms with E-state index in [1.165, 1.54) is 11.8 Å². The van der Waals surface area contributed by atoms with E-state index in [0.717, 1.165) is 5.56 Å². The van der Waals surface area contributed by atoms with Crippen LogP contribution in [-0.4, -0.2) is 21.7 Å². The smallest absolute Gasteiger partial charge is 0.266 e. The van der Waals surface area contributed by atoms with E-state index in [-0.39, 0.29) is 5.91 Å². The molecule has 0 atom stereocenters. The van der Waals surface area contributed by atoms with Crippen LogP contribution in [0.15, 0.2) is 45.7 Å². The predicted molar refractivity (Wildman–Crippen MR) is 104 cm³/mol. The second-order valence-electron chi connectivity index (χ2n) is 5.90. The average Bonchev–Trinajstić information content (AvgIpc) is 3.08. The molecule has 0 aliphatic carbocycles. The van der Waals surface area contributed by atoms with Crippen molar-refractivity contribution in [3.8, 4) is 11.3 Å². The van der Waals surface area contributed by atoms with Gasteiger partial charge in [-0.05, 0) is 30.2 Å². The van der Waals surface area contributed by atoms with E-state index in [4.69, 9.17) is 28.2 Å². The Hall–Kier alpha value is -1.56. The topological polar surface area (TPSA) is 33.5 Å². The lowest BCUT2D eigenvalue weighted by atomic mass is 10.2. The summed E-state index contributed by atoms with van der Waals surface area (Å²) in [5.74, 6) is 1.64. The van der Waals surface area contributed by atoms with Gasteiger partial charge in [-0.25, -0.2) is 0 Å². The normalized spacial score (nSPS) is 16.7. The maximum Gasteiger partial charge on any atom is 0.266 e. The molecule has 1 saturated heterocycles. The van der Waals surface area contributed by atoms with Crippen molar-refractivity contribution in [3.05, 3.63) is 52.1 Å². The van der Waals surface area contributed by atoms with Gasteiger partial charge in [0.2, 0.25) is 0 Å². The third-order valence-electron chi connectivity index (χ3n) is 3.43. The third-order valence-corrected chi connectivity index (χ3v) is 5.04. The summed E-state index contributed by atoms with van der Waals surface area (Å²) in [5.41, 5.74) is 0.898. The fraction of sp³-hybridized carbons (Fsp3) is 0.222. The van der Waals surface area contributed by atoms with E-state index in [2.05, 4.69) is 13.8 Å². The number of hydrogen-bond acceptors (Lipinski definition) is 4. The van der Waals surface area contributed by atoms with Gasteiger partial charge in [-0.15, -0.1) is 0 Å². The molecule has 3 rings (SSSR count). The Morgan fingerprint density at radius 3 is 2.83 bits per heavy atom. The molecular weight excluding hydrogens is 362 g/mol. The van der Waals surface area contributed by atoms with E-state index in [1.807, 2.05) is 36.4 Å². The summed E-state index contributed by atoms with van der Waals surface area (Å²) in [5, 5.41) is 0.653. The number of thiocarbonyl (C=S) groups is 1. The molecule has 0 N–H and O–H groups in total. The number of furan rings is 1. The number of carbonyl (C=O) groups is 1. The highest BCUT2D eigenvalue weighted by molar-refractivity contribution is 8.26. The molecule has 1 aliphatic heterocycles. The van der Waals surface area contributed by atoms with Crippen molar-refractivity contribution in [3.63, 3.8) is 0 Å². The number of nitrogens with zero attached hydrogens (tertiary/aromatic N) is 1. The van der Waals surface area contributed by atoms with Crippen LogP contribution in [0.2, 0.25) is 5.02 Å². The summed E-state index contributed by atoms with van der Waals surface area (Å²) in [7, 11) is 0. The lowest BCUT2D eigenvalue weighted by Crippen LogP contribution is -2.31. The molecule has 0 unspecified atom stereocenters. The number of carbonyl (C=O) groups excluding carboxylic acids is 1. The molecule has 24 heavy (non-hydrogen) atoms. The molecule has 0 spiro atoms. The largest absolute Gasteiger partial charge is 0.457 e. The van der Waals surface area contributed by atoms with Crippen molar-refractivity contribution in [2.24, 2.45) is 5.92 Å². The minimum absolute atomic E-state index is 0.0561. The SMILES string of the molecule is CC(C)CN1C(=O)/C(=C/c2ccc(-c3cccc(Cl)c3)o2)SC1=S. The standard InChI is InChI=1S/C18H16ClNO2S2/c1-11(2)10-20-17(21)16(24-18(20)23)9-14-6-7-15(22-14)12-4-3-5-13(19)8-12/h3-9,11H,10H2,1-2H3/b16-9-. The zero-order valence-corrected chi connectivity index (χ0v) is 15.7. The predicted octanol–water partition coefficient (Wildman–Crippen LogP) is 5.46. The van der Waals surface area contributed by atoms with Crippen molar-refractivity contribution in [1.82, 2.24) is 4.90 Å². The van der Waals surface area contributed by atoms with Crippen LogP contribution in [0.1, 0.15) is 19.6 Å². The number of hydrogen-bond donors (Lipinski definition) is 0. The summed E-state index contributed by atoms with van der Waals surface area (Å²) in [6, 6.07) is 11.2. The molecule has 1 amide bonds. The molecule has 3 nitrogen and oxygen atoms in total. The molecule has 2 heterocycles. The third kappa shape index (κ3) is 3.74. The van der Waals surface area contributed by atoms with Crippen LogP contribution in [0, 0.1) is 5.92 Å². The zero-order chi connectivity index (χ0) is 17.3. The number of rotatable bonds is 4. The van der Waals surface area contributed by atoms with Crippen LogP contribution in [0.5, 0.6) is 0 Å². The molecule has 0 bridgehead atoms. The Morgan fingerprint density at radius 1 is 1.33 bits per heavy atom. The molecule has 1 aromatic heterocycles. The Labute approximate surface area is 155 Å². The summed E-state index contributed by atoms with van der Waals surface area (Å²) < 4.78 is 6.42. The van der Waals surface area contributed by atoms with Gasteiger partial charge in [0.05, 0.1) is 4.91 Å². The van der Waals surface area contributed by atoms with E-state index in [1.54, 1.807) is 11.0 Å². The van der Waals surface area contributed by atoms with Gasteiger partial charge >= 0.3 is 0 Å². The molecular formula is C18H16ClNO2S2. The summed E-state index contributed by atoms with van der Waals surface area (Å²) in [4.78, 5) is 14.7. The second kappa shape index (κ2) is 7.13. The van der Waals surface area contributed by atoms with E-state index < -0.39 is 0 Å². The van der Waals surface area contributed by atoms with Gasteiger partial charge in [-0.2, -0.15) is 0 Å². The van der Waals surface area contributed by atoms with Gasteiger partial charge in [-0.1, -0.05) is 61.6 Å². The molecule has 1 aromatic carbocycles. The van der Waals surface area contributed by atoms with Gasteiger partial charge in [0, 0.05) is 23.2 Å². The first-order valence-corrected chi connectivity index (χ1v) is 9.15. The average molecular weight is 378 g/mol. The monoisotopic (exact) mass is 377 g/mol. The van der Waals surface area contributed by atoms with Crippen LogP contribution >= 0.6 is 35.6 Å². The van der Waals surface area contributed by atoms with Crippen LogP contribution in [-0.2, 0) is 4.79 Å². The number of halogens is 1. The summed E-state index contributed by atoms with van der Waals surface area (Å²) in [6.07, 6.45) is 1.74. The molecule has 2 aromatic rings. The Balaban J connectivity index is 1.83. The first-order valence-electron chi connectivity index (χ1n) is 7.55. The molecule has 1 aliphatic rings. The fourth-order valence-electron chi connectivity index (χ4n) is 2.38. The molecule has 0 radical (unpaired) electrons. The van der Waals surface area contributed by atoms with E-state index >= 15 is 0 Å². The highest BCUT2D eigenvalue weighted by atomic mass is 35.5. The minimum Gasteiger partial charge on any atom is -0.457 e. The van der Waals surface area contributed by atoms with Gasteiger partial charge in [0.1, 0.15) is 15.8 Å². The van der Waals surface area contributed by atoms with Crippen molar-refractivity contribution in [2.75, 3.05) is 6.54 Å². The van der Waals surface area contributed by atoms with Crippen LogP contribution in [0.25, 0.3) is 17.4 Å². The van der Waals surface area contributed by atoms with Gasteiger partial charge in [0.25, 0.3) is 5.91 Å². The van der Waals surface area contributed by atoms with Crippen LogP contribution < -0.4 is 0 Å². The first-order chi connectivity index (χ1) is 11.4. The number of thioether (sulfide) groups is 1. The minimum atomic E-state index is -0.0561. The van der Waals surface area contributed by atoms with Crippen molar-refractivity contribution in [1.29, 1.82) is 0 Å².